The molecule has 2 N–H and O–H groups in total. The molecule has 0 spiro atoms. The van der Waals surface area contributed by atoms with Gasteiger partial charge in [0.15, 0.2) is 0 Å². The second-order valence-electron chi connectivity index (χ2n) is 5.02. The van der Waals surface area contributed by atoms with Gasteiger partial charge in [-0.15, -0.1) is 0 Å². The van der Waals surface area contributed by atoms with Crippen molar-refractivity contribution < 1.29 is 19.8 Å². The van der Waals surface area contributed by atoms with Crippen LogP contribution < -0.4 is 0 Å². The van der Waals surface area contributed by atoms with Gasteiger partial charge in [-0.2, -0.15) is 0 Å². The lowest BCUT2D eigenvalue weighted by Gasteiger charge is -2.09. The van der Waals surface area contributed by atoms with E-state index in [0.717, 1.165) is 22.3 Å². The summed E-state index contributed by atoms with van der Waals surface area (Å²) in [6, 6.07) is 13.4. The molecule has 0 fully saturated rings. The fraction of sp³-hybridized carbons (Fsp3) is 0.111. The summed E-state index contributed by atoms with van der Waals surface area (Å²) in [5.74, 6) is -1.90. The van der Waals surface area contributed by atoms with Gasteiger partial charge in [0.1, 0.15) is 0 Å². The highest BCUT2D eigenvalue weighted by Gasteiger charge is 2.07. The Bertz CT molecular complexity index is 672. The normalized spacial score (nSPS) is 11.7. The Labute approximate surface area is 128 Å². The van der Waals surface area contributed by atoms with Crippen molar-refractivity contribution in [3.8, 4) is 0 Å². The Morgan fingerprint density at radius 2 is 0.818 bits per heavy atom. The van der Waals surface area contributed by atoms with Crippen LogP contribution in [0.1, 0.15) is 45.7 Å². The van der Waals surface area contributed by atoms with Gasteiger partial charge in [-0.3, -0.25) is 0 Å². The molecule has 2 aromatic carbocycles. The molecule has 0 saturated heterocycles. The highest BCUT2D eigenvalue weighted by atomic mass is 16.4. The summed E-state index contributed by atoms with van der Waals surface area (Å²) in [5.41, 5.74) is 4.40. The molecule has 4 nitrogen and oxygen atoms in total. The number of aromatic carboxylic acids is 2. The third-order valence-corrected chi connectivity index (χ3v) is 3.69. The van der Waals surface area contributed by atoms with E-state index in [1.54, 1.807) is 48.5 Å². The number of allylic oxidation sites excluding steroid dienone is 2. The van der Waals surface area contributed by atoms with E-state index in [1.807, 2.05) is 13.8 Å². The highest BCUT2D eigenvalue weighted by Crippen LogP contribution is 2.26. The fourth-order valence-corrected chi connectivity index (χ4v) is 2.16. The summed E-state index contributed by atoms with van der Waals surface area (Å²) < 4.78 is 0. The maximum Gasteiger partial charge on any atom is 0.335 e. The zero-order chi connectivity index (χ0) is 16.3. The zero-order valence-electron chi connectivity index (χ0n) is 12.3. The summed E-state index contributed by atoms with van der Waals surface area (Å²) >= 11 is 0. The van der Waals surface area contributed by atoms with Gasteiger partial charge in [-0.1, -0.05) is 24.3 Å². The topological polar surface area (TPSA) is 74.6 Å². The minimum Gasteiger partial charge on any atom is -0.478 e. The number of carboxylic acid groups (broad SMARTS) is 2. The molecule has 0 aliphatic rings. The van der Waals surface area contributed by atoms with Crippen LogP contribution in [0.2, 0.25) is 0 Å². The predicted molar refractivity (Wildman–Crippen MR) is 85.0 cm³/mol. The average molecular weight is 296 g/mol. The summed E-state index contributed by atoms with van der Waals surface area (Å²) in [6.45, 7) is 3.91. The van der Waals surface area contributed by atoms with Crippen molar-refractivity contribution in [2.24, 2.45) is 0 Å². The van der Waals surface area contributed by atoms with Crippen LogP contribution in [0.4, 0.5) is 0 Å². The van der Waals surface area contributed by atoms with Crippen molar-refractivity contribution in [3.05, 3.63) is 70.8 Å². The van der Waals surface area contributed by atoms with E-state index < -0.39 is 11.9 Å². The third-order valence-electron chi connectivity index (χ3n) is 3.69. The zero-order valence-corrected chi connectivity index (χ0v) is 12.3. The summed E-state index contributed by atoms with van der Waals surface area (Å²) in [5, 5.41) is 17.8. The lowest BCUT2D eigenvalue weighted by molar-refractivity contribution is 0.0686. The van der Waals surface area contributed by atoms with Crippen molar-refractivity contribution in [1.29, 1.82) is 0 Å². The van der Waals surface area contributed by atoms with Crippen LogP contribution in [0.5, 0.6) is 0 Å². The minimum absolute atomic E-state index is 0.250. The van der Waals surface area contributed by atoms with Crippen molar-refractivity contribution >= 4 is 23.1 Å². The van der Waals surface area contributed by atoms with Gasteiger partial charge in [0.2, 0.25) is 0 Å². The molecule has 2 rings (SSSR count). The molecule has 112 valence electrons. The van der Waals surface area contributed by atoms with E-state index in [1.165, 1.54) is 0 Å². The fourth-order valence-electron chi connectivity index (χ4n) is 2.16. The molecule has 0 unspecified atom stereocenters. The van der Waals surface area contributed by atoms with Gasteiger partial charge in [0.25, 0.3) is 0 Å². The van der Waals surface area contributed by atoms with Crippen LogP contribution in [-0.4, -0.2) is 22.2 Å². The molecule has 0 bridgehead atoms. The molecule has 2 aromatic rings. The first-order valence-corrected chi connectivity index (χ1v) is 6.75. The SMILES string of the molecule is C/C(=C(/C)c1ccc(C(=O)O)cc1)c1ccc(C(=O)O)cc1. The lowest BCUT2D eigenvalue weighted by atomic mass is 9.96. The summed E-state index contributed by atoms with van der Waals surface area (Å²) in [7, 11) is 0. The second-order valence-corrected chi connectivity index (χ2v) is 5.02. The van der Waals surface area contributed by atoms with Gasteiger partial charge in [-0.25, -0.2) is 9.59 Å². The first kappa shape index (κ1) is 15.5. The monoisotopic (exact) mass is 296 g/mol. The number of carbonyl (C=O) groups is 2. The number of carboxylic acids is 2. The van der Waals surface area contributed by atoms with E-state index in [4.69, 9.17) is 10.2 Å². The van der Waals surface area contributed by atoms with Crippen molar-refractivity contribution in [3.63, 3.8) is 0 Å². The molecule has 0 aliphatic carbocycles. The molecular weight excluding hydrogens is 280 g/mol. The molecule has 0 saturated carbocycles. The van der Waals surface area contributed by atoms with Crippen LogP contribution in [0.3, 0.4) is 0 Å². The van der Waals surface area contributed by atoms with E-state index in [0.29, 0.717) is 0 Å². The number of benzene rings is 2. The number of rotatable bonds is 4. The van der Waals surface area contributed by atoms with Crippen molar-refractivity contribution in [2.75, 3.05) is 0 Å². The van der Waals surface area contributed by atoms with Crippen LogP contribution in [0, 0.1) is 0 Å². The smallest absolute Gasteiger partial charge is 0.335 e. The Kier molecular flexibility index (Phi) is 4.41. The molecule has 0 radical (unpaired) electrons. The average Bonchev–Trinajstić information content (AvgIpc) is 2.53. The minimum atomic E-state index is -0.950. The van der Waals surface area contributed by atoms with E-state index in [9.17, 15) is 9.59 Å². The van der Waals surface area contributed by atoms with E-state index in [-0.39, 0.29) is 11.1 Å². The lowest BCUT2D eigenvalue weighted by Crippen LogP contribution is -1.97. The largest absolute Gasteiger partial charge is 0.478 e. The van der Waals surface area contributed by atoms with Gasteiger partial charge >= 0.3 is 11.9 Å². The van der Waals surface area contributed by atoms with Gasteiger partial charge < -0.3 is 10.2 Å². The van der Waals surface area contributed by atoms with Gasteiger partial charge in [0.05, 0.1) is 11.1 Å². The Morgan fingerprint density at radius 3 is 1.05 bits per heavy atom. The Balaban J connectivity index is 2.35. The second kappa shape index (κ2) is 6.26. The molecule has 0 atom stereocenters. The van der Waals surface area contributed by atoms with Crippen LogP contribution in [0.25, 0.3) is 11.1 Å². The van der Waals surface area contributed by atoms with Crippen molar-refractivity contribution in [2.45, 2.75) is 13.8 Å². The maximum atomic E-state index is 10.9. The molecule has 0 aromatic heterocycles. The maximum absolute atomic E-state index is 10.9. The molecule has 4 heteroatoms. The molecule has 0 amide bonds. The molecule has 0 heterocycles. The Morgan fingerprint density at radius 1 is 0.591 bits per heavy atom. The third kappa shape index (κ3) is 3.23. The summed E-state index contributed by atoms with van der Waals surface area (Å²) in [6.07, 6.45) is 0. The van der Waals surface area contributed by atoms with E-state index in [2.05, 4.69) is 0 Å². The quantitative estimate of drug-likeness (QED) is 0.835. The Hall–Kier alpha value is -2.88. The first-order valence-electron chi connectivity index (χ1n) is 6.75. The van der Waals surface area contributed by atoms with Gasteiger partial charge in [0, 0.05) is 0 Å². The first-order chi connectivity index (χ1) is 10.4. The van der Waals surface area contributed by atoms with Crippen LogP contribution in [0.15, 0.2) is 48.5 Å². The molecular formula is C18H16O4. The number of hydrogen-bond acceptors (Lipinski definition) is 2. The van der Waals surface area contributed by atoms with E-state index >= 15 is 0 Å². The number of hydrogen-bond donors (Lipinski definition) is 2. The van der Waals surface area contributed by atoms with Crippen LogP contribution in [-0.2, 0) is 0 Å². The standard InChI is InChI=1S/C18H16O4/c1-11(13-3-7-15(8-4-13)17(19)20)12(2)14-5-9-16(10-6-14)18(21)22/h3-10H,1-2H3,(H,19,20)(H,21,22)/b12-11+. The molecule has 22 heavy (non-hydrogen) atoms. The van der Waals surface area contributed by atoms with Crippen LogP contribution >= 0.6 is 0 Å². The molecule has 0 aliphatic heterocycles. The highest BCUT2D eigenvalue weighted by molar-refractivity contribution is 5.92. The van der Waals surface area contributed by atoms with Crippen molar-refractivity contribution in [1.82, 2.24) is 0 Å². The predicted octanol–water partition coefficient (Wildman–Crippen LogP) is 4.03. The summed E-state index contributed by atoms with van der Waals surface area (Å²) in [4.78, 5) is 21.7. The van der Waals surface area contributed by atoms with Gasteiger partial charge in [-0.05, 0) is 60.4 Å².